The third-order valence-corrected chi connectivity index (χ3v) is 8.38. The molecule has 0 unspecified atom stereocenters. The van der Waals surface area contributed by atoms with Gasteiger partial charge >= 0.3 is 0 Å². The lowest BCUT2D eigenvalue weighted by molar-refractivity contribution is 0.991. The summed E-state index contributed by atoms with van der Waals surface area (Å²) in [6, 6.07) is 39.8. The summed E-state index contributed by atoms with van der Waals surface area (Å²) in [6.45, 7) is 2.19. The van der Waals surface area contributed by atoms with Crippen molar-refractivity contribution in [3.63, 3.8) is 0 Å². The summed E-state index contributed by atoms with van der Waals surface area (Å²) >= 11 is 4.79. The molecule has 6 aromatic rings. The lowest BCUT2D eigenvalue weighted by Crippen LogP contribution is -2.03. The Kier molecular flexibility index (Phi) is 5.68. The number of aryl methyl sites for hydroxylation is 1. The average Bonchev–Trinajstić information content (AvgIpc) is 2.96. The van der Waals surface area contributed by atoms with Gasteiger partial charge in [0.15, 0.2) is 0 Å². The zero-order valence-electron chi connectivity index (χ0n) is 21.4. The van der Waals surface area contributed by atoms with Gasteiger partial charge in [-0.2, -0.15) is 0 Å². The summed E-state index contributed by atoms with van der Waals surface area (Å²) < 4.78 is 0. The van der Waals surface area contributed by atoms with Gasteiger partial charge in [-0.05, 0) is 104 Å². The zero-order valence-corrected chi connectivity index (χ0v) is 22.3. The van der Waals surface area contributed by atoms with E-state index in [1.165, 1.54) is 71.6 Å². The first-order chi connectivity index (χ1) is 18.7. The monoisotopic (exact) mass is 504 g/mol. The van der Waals surface area contributed by atoms with Crippen LogP contribution in [0, 0.1) is 6.92 Å². The second kappa shape index (κ2) is 9.35. The third kappa shape index (κ3) is 3.69. The second-order valence-corrected chi connectivity index (χ2v) is 10.7. The Morgan fingerprint density at radius 3 is 2.13 bits per heavy atom. The van der Waals surface area contributed by atoms with Crippen molar-refractivity contribution in [3.05, 3.63) is 132 Å². The van der Waals surface area contributed by atoms with Crippen molar-refractivity contribution in [2.75, 3.05) is 0 Å². The van der Waals surface area contributed by atoms with Gasteiger partial charge in [-0.15, -0.1) is 12.6 Å². The molecule has 1 heteroatoms. The SMILES string of the molecule is Cc1ccc(-c2c3c(c(-c4cccc5ccccc45)c4ccccc24)C=CCC3)cc1-c1ccccc1S. The van der Waals surface area contributed by atoms with Crippen LogP contribution in [0.5, 0.6) is 0 Å². The van der Waals surface area contributed by atoms with Crippen LogP contribution in [0.15, 0.2) is 120 Å². The van der Waals surface area contributed by atoms with Gasteiger partial charge in [0.2, 0.25) is 0 Å². The molecule has 1 aliphatic carbocycles. The minimum atomic E-state index is 1.01. The molecule has 0 N–H and O–H groups in total. The van der Waals surface area contributed by atoms with Crippen LogP contribution in [-0.4, -0.2) is 0 Å². The van der Waals surface area contributed by atoms with E-state index in [-0.39, 0.29) is 0 Å². The van der Waals surface area contributed by atoms with Crippen LogP contribution in [0.4, 0.5) is 0 Å². The van der Waals surface area contributed by atoms with Crippen molar-refractivity contribution in [2.24, 2.45) is 0 Å². The fourth-order valence-corrected chi connectivity index (χ4v) is 6.50. The minimum absolute atomic E-state index is 1.01. The van der Waals surface area contributed by atoms with E-state index >= 15 is 0 Å². The quantitative estimate of drug-likeness (QED) is 0.228. The normalized spacial score (nSPS) is 12.7. The Labute approximate surface area is 229 Å². The highest BCUT2D eigenvalue weighted by Gasteiger charge is 2.23. The summed E-state index contributed by atoms with van der Waals surface area (Å²) in [6.07, 6.45) is 6.80. The Balaban J connectivity index is 1.57. The van der Waals surface area contributed by atoms with Crippen LogP contribution in [-0.2, 0) is 6.42 Å². The van der Waals surface area contributed by atoms with Crippen molar-refractivity contribution >= 4 is 40.2 Å². The second-order valence-electron chi connectivity index (χ2n) is 10.2. The molecule has 38 heavy (non-hydrogen) atoms. The van der Waals surface area contributed by atoms with Crippen LogP contribution < -0.4 is 0 Å². The lowest BCUT2D eigenvalue weighted by Gasteiger charge is -2.25. The molecule has 6 aromatic carbocycles. The van der Waals surface area contributed by atoms with Crippen LogP contribution >= 0.6 is 12.6 Å². The average molecular weight is 505 g/mol. The maximum absolute atomic E-state index is 4.79. The molecule has 0 spiro atoms. The lowest BCUT2D eigenvalue weighted by atomic mass is 9.79. The molecule has 0 radical (unpaired) electrons. The molecule has 0 saturated carbocycles. The molecule has 0 saturated heterocycles. The Morgan fingerprint density at radius 2 is 1.29 bits per heavy atom. The van der Waals surface area contributed by atoms with E-state index in [0.717, 1.165) is 17.7 Å². The summed E-state index contributed by atoms with van der Waals surface area (Å²) in [4.78, 5) is 1.01. The topological polar surface area (TPSA) is 0 Å². The van der Waals surface area contributed by atoms with E-state index in [4.69, 9.17) is 12.6 Å². The number of hydrogen-bond donors (Lipinski definition) is 1. The summed E-state index contributed by atoms with van der Waals surface area (Å²) in [5.74, 6) is 0. The number of hydrogen-bond acceptors (Lipinski definition) is 1. The zero-order chi connectivity index (χ0) is 25.6. The molecule has 0 heterocycles. The molecule has 0 bridgehead atoms. The highest BCUT2D eigenvalue weighted by Crippen LogP contribution is 2.46. The van der Waals surface area contributed by atoms with Gasteiger partial charge in [0.05, 0.1) is 0 Å². The number of fused-ring (bicyclic) bond motifs is 3. The largest absolute Gasteiger partial charge is 0.143 e. The molecule has 7 rings (SSSR count). The highest BCUT2D eigenvalue weighted by molar-refractivity contribution is 7.80. The molecular formula is C37H28S. The summed E-state index contributed by atoms with van der Waals surface area (Å²) in [5.41, 5.74) is 11.8. The minimum Gasteiger partial charge on any atom is -0.143 e. The highest BCUT2D eigenvalue weighted by atomic mass is 32.1. The maximum atomic E-state index is 4.79. The fraction of sp³-hybridized carbons (Fsp3) is 0.0811. The molecule has 182 valence electrons. The van der Waals surface area contributed by atoms with Gasteiger partial charge in [0.25, 0.3) is 0 Å². The Morgan fingerprint density at radius 1 is 0.605 bits per heavy atom. The van der Waals surface area contributed by atoms with Crippen LogP contribution in [0.2, 0.25) is 0 Å². The van der Waals surface area contributed by atoms with Crippen molar-refractivity contribution in [1.29, 1.82) is 0 Å². The van der Waals surface area contributed by atoms with Gasteiger partial charge in [0.1, 0.15) is 0 Å². The fourth-order valence-electron chi connectivity index (χ4n) is 6.22. The Bertz CT molecular complexity index is 1880. The molecule has 1 aliphatic rings. The first-order valence-electron chi connectivity index (χ1n) is 13.3. The van der Waals surface area contributed by atoms with Gasteiger partial charge in [-0.1, -0.05) is 109 Å². The number of rotatable bonds is 3. The molecule has 0 atom stereocenters. The van der Waals surface area contributed by atoms with Crippen LogP contribution in [0.1, 0.15) is 23.1 Å². The first-order valence-corrected chi connectivity index (χ1v) is 13.8. The van der Waals surface area contributed by atoms with Gasteiger partial charge in [0, 0.05) is 4.90 Å². The summed E-state index contributed by atoms with van der Waals surface area (Å²) in [5, 5.41) is 5.21. The number of allylic oxidation sites excluding steroid dienone is 1. The number of benzene rings is 6. The molecule has 0 aromatic heterocycles. The standard InChI is InChI=1S/C37H28S/c1-24-21-22-26(23-34(24)28-14-8-9-20-35(28)38)36-30-15-4-6-17-32(30)37(33-18-7-5-16-31(33)36)29-19-10-12-25-11-2-3-13-27(25)29/h2-4,6-15,17-23,38H,5,16H2,1H3. The van der Waals surface area contributed by atoms with Crippen molar-refractivity contribution in [1.82, 2.24) is 0 Å². The molecular weight excluding hydrogens is 476 g/mol. The van der Waals surface area contributed by atoms with E-state index in [9.17, 15) is 0 Å². The van der Waals surface area contributed by atoms with Crippen molar-refractivity contribution in [3.8, 4) is 33.4 Å². The van der Waals surface area contributed by atoms with E-state index in [2.05, 4.69) is 122 Å². The van der Waals surface area contributed by atoms with Crippen LogP contribution in [0.3, 0.4) is 0 Å². The number of thiol groups is 1. The van der Waals surface area contributed by atoms with Crippen molar-refractivity contribution in [2.45, 2.75) is 24.7 Å². The van der Waals surface area contributed by atoms with E-state index in [0.29, 0.717) is 0 Å². The predicted molar refractivity (Wildman–Crippen MR) is 167 cm³/mol. The van der Waals surface area contributed by atoms with Gasteiger partial charge in [-0.25, -0.2) is 0 Å². The first kappa shape index (κ1) is 23.1. The van der Waals surface area contributed by atoms with Crippen molar-refractivity contribution < 1.29 is 0 Å². The van der Waals surface area contributed by atoms with E-state index in [1.807, 2.05) is 6.07 Å². The summed E-state index contributed by atoms with van der Waals surface area (Å²) in [7, 11) is 0. The van der Waals surface area contributed by atoms with Crippen LogP contribution in [0.25, 0.3) is 61.0 Å². The predicted octanol–water partition coefficient (Wildman–Crippen LogP) is 10.6. The van der Waals surface area contributed by atoms with E-state index < -0.39 is 0 Å². The Hall–Kier alpha value is -4.07. The molecule has 0 amide bonds. The van der Waals surface area contributed by atoms with E-state index in [1.54, 1.807) is 0 Å². The van der Waals surface area contributed by atoms with Gasteiger partial charge < -0.3 is 0 Å². The van der Waals surface area contributed by atoms with Gasteiger partial charge in [-0.3, -0.25) is 0 Å². The third-order valence-electron chi connectivity index (χ3n) is 7.99. The molecule has 0 fully saturated rings. The molecule has 0 aliphatic heterocycles. The molecule has 0 nitrogen and oxygen atoms in total. The smallest absolute Gasteiger partial charge is 0.0119 e. The maximum Gasteiger partial charge on any atom is 0.0119 e.